The van der Waals surface area contributed by atoms with E-state index in [-0.39, 0.29) is 11.0 Å². The van der Waals surface area contributed by atoms with E-state index in [9.17, 15) is 4.79 Å². The van der Waals surface area contributed by atoms with Gasteiger partial charge >= 0.3 is 0 Å². The van der Waals surface area contributed by atoms with Crippen LogP contribution in [0.15, 0.2) is 22.8 Å². The maximum atomic E-state index is 11.2. The topological polar surface area (TPSA) is 54.0 Å². The Labute approximate surface area is 108 Å². The molecule has 1 aromatic heterocycles. The maximum Gasteiger partial charge on any atom is 0.226 e. The number of carbonyl (C=O) groups is 1. The number of halogens is 1. The normalized spacial score (nSPS) is 9.62. The second-order valence-electron chi connectivity index (χ2n) is 3.11. The lowest BCUT2D eigenvalue weighted by Gasteiger charge is -2.08. The Morgan fingerprint density at radius 2 is 2.31 bits per heavy atom. The molecule has 0 aliphatic heterocycles. The highest BCUT2D eigenvalue weighted by molar-refractivity contribution is 9.10. The van der Waals surface area contributed by atoms with Crippen molar-refractivity contribution in [3.05, 3.63) is 22.8 Å². The molecule has 0 radical (unpaired) electrons. The molecule has 0 aliphatic rings. The molecule has 0 aliphatic carbocycles. The minimum atomic E-state index is -0.0860. The fourth-order valence-corrected chi connectivity index (χ4v) is 1.47. The largest absolute Gasteiger partial charge is 0.317 e. The second kappa shape index (κ2) is 6.55. The number of nitrogens with one attached hydrogen (secondary N) is 2. The van der Waals surface area contributed by atoms with Gasteiger partial charge in [-0.05, 0) is 46.7 Å². The average Bonchev–Trinajstić information content (AvgIpc) is 2.21. The Hall–Kier alpha value is -1.01. The number of hydrogen-bond acceptors (Lipinski definition) is 3. The van der Waals surface area contributed by atoms with E-state index in [1.54, 1.807) is 12.3 Å². The predicted molar refractivity (Wildman–Crippen MR) is 71.2 cm³/mol. The highest BCUT2D eigenvalue weighted by Crippen LogP contribution is 2.10. The minimum Gasteiger partial charge on any atom is -0.317 e. The lowest BCUT2D eigenvalue weighted by atomic mass is 10.3. The van der Waals surface area contributed by atoms with Crippen LogP contribution in [0.1, 0.15) is 19.8 Å². The summed E-state index contributed by atoms with van der Waals surface area (Å²) >= 11 is 8.24. The van der Waals surface area contributed by atoms with Crippen molar-refractivity contribution in [3.8, 4) is 0 Å². The number of rotatable bonds is 3. The summed E-state index contributed by atoms with van der Waals surface area (Å²) < 4.78 is 0.888. The Morgan fingerprint density at radius 1 is 1.56 bits per heavy atom. The number of hydrogen-bond donors (Lipinski definition) is 2. The third-order valence-electron chi connectivity index (χ3n) is 1.70. The smallest absolute Gasteiger partial charge is 0.226 e. The summed E-state index contributed by atoms with van der Waals surface area (Å²) in [7, 11) is 0. The number of aromatic nitrogens is 1. The van der Waals surface area contributed by atoms with Crippen LogP contribution in [0, 0.1) is 0 Å². The first kappa shape index (κ1) is 13.1. The Bertz CT molecular complexity index is 380. The van der Waals surface area contributed by atoms with Crippen LogP contribution in [0.3, 0.4) is 0 Å². The van der Waals surface area contributed by atoms with Crippen LogP contribution >= 0.6 is 28.1 Å². The SMILES string of the molecule is CCCC(=O)NC(=S)Nc1ccc(Br)cn1. The zero-order chi connectivity index (χ0) is 12.0. The van der Waals surface area contributed by atoms with Crippen molar-refractivity contribution in [1.29, 1.82) is 0 Å². The van der Waals surface area contributed by atoms with Gasteiger partial charge < -0.3 is 10.6 Å². The standard InChI is InChI=1S/C10H12BrN3OS/c1-2-3-9(15)14-10(16)13-8-5-4-7(11)6-12-8/h4-6H,2-3H2,1H3,(H2,12,13,14,15,16). The van der Waals surface area contributed by atoms with Gasteiger partial charge in [-0.15, -0.1) is 0 Å². The van der Waals surface area contributed by atoms with Crippen molar-refractivity contribution < 1.29 is 4.79 Å². The van der Waals surface area contributed by atoms with Gasteiger partial charge in [-0.2, -0.15) is 0 Å². The van der Waals surface area contributed by atoms with E-state index in [4.69, 9.17) is 12.2 Å². The number of thiocarbonyl (C=S) groups is 1. The first-order valence-corrected chi connectivity index (χ1v) is 6.04. The summed E-state index contributed by atoms with van der Waals surface area (Å²) in [6.45, 7) is 1.94. The monoisotopic (exact) mass is 301 g/mol. The molecule has 86 valence electrons. The van der Waals surface area contributed by atoms with Crippen LogP contribution in [0.5, 0.6) is 0 Å². The molecule has 16 heavy (non-hydrogen) atoms. The number of anilines is 1. The lowest BCUT2D eigenvalue weighted by Crippen LogP contribution is -2.34. The van der Waals surface area contributed by atoms with Crippen LogP contribution in [-0.4, -0.2) is 16.0 Å². The summed E-state index contributed by atoms with van der Waals surface area (Å²) in [4.78, 5) is 15.3. The molecule has 0 fully saturated rings. The van der Waals surface area contributed by atoms with Crippen molar-refractivity contribution >= 4 is 45.0 Å². The van der Waals surface area contributed by atoms with E-state index >= 15 is 0 Å². The summed E-state index contributed by atoms with van der Waals surface area (Å²) in [5.41, 5.74) is 0. The number of amides is 1. The highest BCUT2D eigenvalue weighted by Gasteiger charge is 2.03. The Morgan fingerprint density at radius 3 is 2.88 bits per heavy atom. The van der Waals surface area contributed by atoms with Crippen molar-refractivity contribution in [2.75, 3.05) is 5.32 Å². The number of nitrogens with zero attached hydrogens (tertiary/aromatic N) is 1. The van der Waals surface area contributed by atoms with E-state index < -0.39 is 0 Å². The molecule has 0 saturated heterocycles. The molecular formula is C10H12BrN3OS. The quantitative estimate of drug-likeness (QED) is 0.842. The lowest BCUT2D eigenvalue weighted by molar-refractivity contribution is -0.119. The van der Waals surface area contributed by atoms with Gasteiger partial charge in [0, 0.05) is 17.1 Å². The van der Waals surface area contributed by atoms with Crippen LogP contribution in [0.4, 0.5) is 5.82 Å². The van der Waals surface area contributed by atoms with Crippen molar-refractivity contribution in [2.45, 2.75) is 19.8 Å². The van der Waals surface area contributed by atoms with E-state index in [1.165, 1.54) is 0 Å². The Balaban J connectivity index is 2.45. The fourth-order valence-electron chi connectivity index (χ4n) is 1.01. The first-order valence-electron chi connectivity index (χ1n) is 4.84. The molecule has 0 atom stereocenters. The molecule has 0 saturated carbocycles. The maximum absolute atomic E-state index is 11.2. The first-order chi connectivity index (χ1) is 7.61. The molecule has 6 heteroatoms. The summed E-state index contributed by atoms with van der Waals surface area (Å²) in [6, 6.07) is 3.61. The number of pyridine rings is 1. The minimum absolute atomic E-state index is 0.0860. The highest BCUT2D eigenvalue weighted by atomic mass is 79.9. The zero-order valence-electron chi connectivity index (χ0n) is 8.79. The van der Waals surface area contributed by atoms with Gasteiger partial charge in [0.25, 0.3) is 0 Å². The summed E-state index contributed by atoms with van der Waals surface area (Å²) in [5, 5.41) is 5.67. The van der Waals surface area contributed by atoms with Gasteiger partial charge in [-0.3, -0.25) is 4.79 Å². The second-order valence-corrected chi connectivity index (χ2v) is 4.44. The third kappa shape index (κ3) is 4.67. The van der Waals surface area contributed by atoms with Crippen molar-refractivity contribution in [2.24, 2.45) is 0 Å². The molecule has 1 rings (SSSR count). The van der Waals surface area contributed by atoms with Gasteiger partial charge in [0.15, 0.2) is 5.11 Å². The number of carbonyl (C=O) groups excluding carboxylic acids is 1. The molecule has 2 N–H and O–H groups in total. The van der Waals surface area contributed by atoms with Crippen molar-refractivity contribution in [1.82, 2.24) is 10.3 Å². The van der Waals surface area contributed by atoms with E-state index in [2.05, 4.69) is 31.5 Å². The molecule has 1 aromatic rings. The molecule has 0 spiro atoms. The Kier molecular flexibility index (Phi) is 5.34. The summed E-state index contributed by atoms with van der Waals surface area (Å²) in [5.74, 6) is 0.516. The molecule has 0 bridgehead atoms. The van der Waals surface area contributed by atoms with E-state index in [1.807, 2.05) is 13.0 Å². The average molecular weight is 302 g/mol. The van der Waals surface area contributed by atoms with Gasteiger partial charge in [-0.1, -0.05) is 6.92 Å². The van der Waals surface area contributed by atoms with Gasteiger partial charge in [0.1, 0.15) is 5.82 Å². The van der Waals surface area contributed by atoms with Crippen LogP contribution < -0.4 is 10.6 Å². The van der Waals surface area contributed by atoms with Gasteiger partial charge in [-0.25, -0.2) is 4.98 Å². The van der Waals surface area contributed by atoms with E-state index in [0.29, 0.717) is 12.2 Å². The zero-order valence-corrected chi connectivity index (χ0v) is 11.2. The third-order valence-corrected chi connectivity index (χ3v) is 2.37. The molecule has 1 amide bonds. The molecule has 0 aromatic carbocycles. The molecular weight excluding hydrogens is 290 g/mol. The summed E-state index contributed by atoms with van der Waals surface area (Å²) in [6.07, 6.45) is 2.92. The van der Waals surface area contributed by atoms with E-state index in [0.717, 1.165) is 10.9 Å². The fraction of sp³-hybridized carbons (Fsp3) is 0.300. The van der Waals surface area contributed by atoms with Crippen LogP contribution in [0.2, 0.25) is 0 Å². The van der Waals surface area contributed by atoms with Crippen LogP contribution in [-0.2, 0) is 4.79 Å². The molecule has 1 heterocycles. The molecule has 0 unspecified atom stereocenters. The van der Waals surface area contributed by atoms with Crippen molar-refractivity contribution in [3.63, 3.8) is 0 Å². The van der Waals surface area contributed by atoms with Crippen LogP contribution in [0.25, 0.3) is 0 Å². The van der Waals surface area contributed by atoms with Gasteiger partial charge in [0.2, 0.25) is 5.91 Å². The van der Waals surface area contributed by atoms with Gasteiger partial charge in [0.05, 0.1) is 0 Å². The molecule has 4 nitrogen and oxygen atoms in total. The predicted octanol–water partition coefficient (Wildman–Crippen LogP) is 2.46.